The molecular weight excluding hydrogens is 337 g/mol. The zero-order valence-corrected chi connectivity index (χ0v) is 15.2. The molecule has 1 aliphatic rings. The number of aliphatic imine (C=N–C) groups is 1. The average Bonchev–Trinajstić information content (AvgIpc) is 2.53. The van der Waals surface area contributed by atoms with E-state index in [9.17, 15) is 18.0 Å². The highest BCUT2D eigenvalue weighted by Crippen LogP contribution is 2.19. The number of guanidine groups is 1. The first-order valence-electron chi connectivity index (χ1n) is 8.72. The quantitative estimate of drug-likeness (QED) is 0.422. The number of rotatable bonds is 7. The molecule has 0 amide bonds. The van der Waals surface area contributed by atoms with E-state index < -0.39 is 12.7 Å². The van der Waals surface area contributed by atoms with Gasteiger partial charge in [0.05, 0.1) is 25.6 Å². The molecule has 0 aromatic rings. The van der Waals surface area contributed by atoms with Crippen molar-refractivity contribution in [3.63, 3.8) is 0 Å². The second kappa shape index (κ2) is 10.5. The van der Waals surface area contributed by atoms with Crippen LogP contribution >= 0.6 is 0 Å². The molecule has 0 atom stereocenters. The van der Waals surface area contributed by atoms with Crippen molar-refractivity contribution in [1.82, 2.24) is 15.1 Å². The molecule has 0 radical (unpaired) electrons. The summed E-state index contributed by atoms with van der Waals surface area (Å²) in [6, 6.07) is 0. The number of hydrogen-bond acceptors (Lipinski definition) is 4. The van der Waals surface area contributed by atoms with Gasteiger partial charge in [-0.2, -0.15) is 13.2 Å². The predicted molar refractivity (Wildman–Crippen MR) is 90.5 cm³/mol. The van der Waals surface area contributed by atoms with Crippen LogP contribution in [0, 0.1) is 5.92 Å². The molecule has 1 fully saturated rings. The molecule has 1 saturated heterocycles. The molecule has 0 spiro atoms. The first-order valence-corrected chi connectivity index (χ1v) is 8.72. The van der Waals surface area contributed by atoms with E-state index in [2.05, 4.69) is 10.3 Å². The monoisotopic (exact) mass is 366 g/mol. The molecule has 25 heavy (non-hydrogen) atoms. The van der Waals surface area contributed by atoms with Crippen molar-refractivity contribution < 1.29 is 22.7 Å². The highest BCUT2D eigenvalue weighted by Gasteiger charge is 2.29. The predicted octanol–water partition coefficient (Wildman–Crippen LogP) is 1.72. The topological polar surface area (TPSA) is 57.2 Å². The van der Waals surface area contributed by atoms with Crippen LogP contribution in [0.3, 0.4) is 0 Å². The Morgan fingerprint density at radius 2 is 1.96 bits per heavy atom. The van der Waals surface area contributed by atoms with E-state index in [4.69, 9.17) is 4.74 Å². The molecule has 9 heteroatoms. The lowest BCUT2D eigenvalue weighted by molar-refractivity contribution is -0.149. The highest BCUT2D eigenvalue weighted by atomic mass is 19.4. The summed E-state index contributed by atoms with van der Waals surface area (Å²) in [6.45, 7) is 5.71. The summed E-state index contributed by atoms with van der Waals surface area (Å²) in [7, 11) is 1.43. The molecule has 146 valence electrons. The summed E-state index contributed by atoms with van der Waals surface area (Å²) in [6.07, 6.45) is -2.81. The average molecular weight is 366 g/mol. The number of ether oxygens (including phenoxy) is 1. The van der Waals surface area contributed by atoms with Gasteiger partial charge >= 0.3 is 12.1 Å². The van der Waals surface area contributed by atoms with Gasteiger partial charge in [-0.25, -0.2) is 0 Å². The van der Waals surface area contributed by atoms with Crippen molar-refractivity contribution >= 4 is 11.9 Å². The van der Waals surface area contributed by atoms with E-state index in [0.717, 1.165) is 0 Å². The fraction of sp³-hybridized carbons (Fsp3) is 0.875. The molecule has 1 rings (SSSR count). The zero-order chi connectivity index (χ0) is 18.9. The Labute approximate surface area is 147 Å². The number of hydrogen-bond donors (Lipinski definition) is 1. The van der Waals surface area contributed by atoms with Crippen LogP contribution in [-0.4, -0.2) is 80.8 Å². The van der Waals surface area contributed by atoms with Crippen molar-refractivity contribution in [3.8, 4) is 0 Å². The minimum atomic E-state index is -4.20. The maximum Gasteiger partial charge on any atom is 0.401 e. The number of esters is 1. The first kappa shape index (κ1) is 21.5. The number of piperidine rings is 1. The number of halogens is 3. The number of likely N-dealkylation sites (N-methyl/N-ethyl adjacent to an activating group) is 1. The molecule has 1 aliphatic heterocycles. The molecule has 0 aromatic heterocycles. The Morgan fingerprint density at radius 3 is 2.48 bits per heavy atom. The Bertz CT molecular complexity index is 436. The van der Waals surface area contributed by atoms with E-state index in [1.165, 1.54) is 11.9 Å². The summed E-state index contributed by atoms with van der Waals surface area (Å²) < 4.78 is 42.0. The lowest BCUT2D eigenvalue weighted by Gasteiger charge is -2.33. The van der Waals surface area contributed by atoms with Crippen LogP contribution in [0.5, 0.6) is 0 Å². The smallest absolute Gasteiger partial charge is 0.401 e. The number of carbonyl (C=O) groups excluding carboxylic acids is 1. The summed E-state index contributed by atoms with van der Waals surface area (Å²) in [5.41, 5.74) is 0. The van der Waals surface area contributed by atoms with Crippen LogP contribution in [0.15, 0.2) is 4.99 Å². The standard InChI is InChI=1S/C16H29F3N4O2/c1-4-20-15(21-8-11-22(3)12-16(17,18)19)23-9-6-13(7-10-23)14(24)25-5-2/h13H,4-12H2,1-3H3,(H,20,21). The van der Waals surface area contributed by atoms with Crippen molar-refractivity contribution in [3.05, 3.63) is 0 Å². The number of nitrogens with one attached hydrogen (secondary N) is 1. The van der Waals surface area contributed by atoms with Gasteiger partial charge in [0.2, 0.25) is 0 Å². The van der Waals surface area contributed by atoms with E-state index in [0.29, 0.717) is 45.0 Å². The van der Waals surface area contributed by atoms with Gasteiger partial charge < -0.3 is 15.0 Å². The van der Waals surface area contributed by atoms with Gasteiger partial charge in [0.15, 0.2) is 5.96 Å². The summed E-state index contributed by atoms with van der Waals surface area (Å²) in [4.78, 5) is 19.5. The number of likely N-dealkylation sites (tertiary alicyclic amines) is 1. The second-order valence-electron chi connectivity index (χ2n) is 6.10. The maximum absolute atomic E-state index is 12.3. The van der Waals surface area contributed by atoms with Crippen LogP contribution in [0.25, 0.3) is 0 Å². The molecular formula is C16H29F3N4O2. The fourth-order valence-corrected chi connectivity index (χ4v) is 2.72. The van der Waals surface area contributed by atoms with Gasteiger partial charge in [-0.15, -0.1) is 0 Å². The van der Waals surface area contributed by atoms with Gasteiger partial charge in [-0.3, -0.25) is 14.7 Å². The maximum atomic E-state index is 12.3. The normalized spacial score (nSPS) is 17.1. The second-order valence-corrected chi connectivity index (χ2v) is 6.10. The Balaban J connectivity index is 2.49. The van der Waals surface area contributed by atoms with Crippen LogP contribution in [-0.2, 0) is 9.53 Å². The number of nitrogens with zero attached hydrogens (tertiary/aromatic N) is 3. The van der Waals surface area contributed by atoms with E-state index >= 15 is 0 Å². The number of carbonyl (C=O) groups is 1. The highest BCUT2D eigenvalue weighted by molar-refractivity contribution is 5.80. The summed E-state index contributed by atoms with van der Waals surface area (Å²) >= 11 is 0. The van der Waals surface area contributed by atoms with Crippen molar-refractivity contribution in [2.75, 3.05) is 52.9 Å². The SMILES string of the molecule is CCNC(=NCCN(C)CC(F)(F)F)N1CCC(C(=O)OCC)CC1. The third-order valence-electron chi connectivity index (χ3n) is 3.94. The number of alkyl halides is 3. The van der Waals surface area contributed by atoms with Crippen molar-refractivity contribution in [2.24, 2.45) is 10.9 Å². The molecule has 1 N–H and O–H groups in total. The lowest BCUT2D eigenvalue weighted by Crippen LogP contribution is -2.47. The van der Waals surface area contributed by atoms with Crippen molar-refractivity contribution in [1.29, 1.82) is 0 Å². The molecule has 0 saturated carbocycles. The molecule has 6 nitrogen and oxygen atoms in total. The molecule has 0 unspecified atom stereocenters. The summed E-state index contributed by atoms with van der Waals surface area (Å²) in [5, 5.41) is 3.16. The molecule has 0 aliphatic carbocycles. The minimum absolute atomic E-state index is 0.0861. The van der Waals surface area contributed by atoms with E-state index in [1.54, 1.807) is 6.92 Å². The zero-order valence-electron chi connectivity index (χ0n) is 15.2. The first-order chi connectivity index (χ1) is 11.8. The van der Waals surface area contributed by atoms with Gasteiger partial charge in [0.1, 0.15) is 0 Å². The van der Waals surface area contributed by atoms with Gasteiger partial charge in [-0.1, -0.05) is 0 Å². The Morgan fingerprint density at radius 1 is 1.32 bits per heavy atom. The lowest BCUT2D eigenvalue weighted by atomic mass is 9.97. The third kappa shape index (κ3) is 8.42. The van der Waals surface area contributed by atoms with Gasteiger partial charge in [0, 0.05) is 26.2 Å². The summed E-state index contributed by atoms with van der Waals surface area (Å²) in [5.74, 6) is 0.445. The minimum Gasteiger partial charge on any atom is -0.466 e. The molecule has 0 bridgehead atoms. The van der Waals surface area contributed by atoms with Gasteiger partial charge in [-0.05, 0) is 33.7 Å². The molecule has 0 aromatic carbocycles. The Kier molecular flexibility index (Phi) is 9.02. The van der Waals surface area contributed by atoms with Crippen LogP contribution in [0.2, 0.25) is 0 Å². The largest absolute Gasteiger partial charge is 0.466 e. The van der Waals surface area contributed by atoms with E-state index in [-0.39, 0.29) is 25.0 Å². The third-order valence-corrected chi connectivity index (χ3v) is 3.94. The Hall–Kier alpha value is -1.51. The van der Waals surface area contributed by atoms with Crippen molar-refractivity contribution in [2.45, 2.75) is 32.9 Å². The van der Waals surface area contributed by atoms with E-state index in [1.807, 2.05) is 11.8 Å². The molecule has 1 heterocycles. The van der Waals surface area contributed by atoms with Gasteiger partial charge in [0.25, 0.3) is 0 Å². The van der Waals surface area contributed by atoms with Crippen LogP contribution < -0.4 is 5.32 Å². The van der Waals surface area contributed by atoms with Crippen LogP contribution in [0.4, 0.5) is 13.2 Å². The fourth-order valence-electron chi connectivity index (χ4n) is 2.72. The van der Waals surface area contributed by atoms with Crippen LogP contribution in [0.1, 0.15) is 26.7 Å².